The van der Waals surface area contributed by atoms with E-state index in [1.54, 1.807) is 11.3 Å². The topological polar surface area (TPSA) is 47.4 Å². The van der Waals surface area contributed by atoms with Crippen LogP contribution >= 0.6 is 11.3 Å². The molecule has 142 valence electrons. The molecule has 0 bridgehead atoms. The normalized spacial score (nSPS) is 14.8. The molecule has 1 saturated heterocycles. The van der Waals surface area contributed by atoms with E-state index in [0.29, 0.717) is 18.8 Å². The lowest BCUT2D eigenvalue weighted by atomic mass is 10.1. The van der Waals surface area contributed by atoms with Crippen LogP contribution in [0.3, 0.4) is 0 Å². The van der Waals surface area contributed by atoms with E-state index in [4.69, 9.17) is 9.72 Å². The SMILES string of the molecule is Cc1nc2c(C=O)cc(N3CCOCC3)cc2n1Cc1cccc2ccsc12. The number of hydrogen-bond acceptors (Lipinski definition) is 5. The summed E-state index contributed by atoms with van der Waals surface area (Å²) in [6.07, 6.45) is 0.920. The van der Waals surface area contributed by atoms with Gasteiger partial charge < -0.3 is 14.2 Å². The zero-order valence-corrected chi connectivity index (χ0v) is 16.5. The molecule has 1 fully saturated rings. The standard InChI is InChI=1S/C22H21N3O2S/c1-15-23-21-18(14-26)11-19(24-6-8-27-9-7-24)12-20(21)25(15)13-17-4-2-3-16-5-10-28-22(16)17/h2-5,10-12,14H,6-9,13H2,1H3. The van der Waals surface area contributed by atoms with E-state index in [9.17, 15) is 4.79 Å². The van der Waals surface area contributed by atoms with Gasteiger partial charge in [-0.3, -0.25) is 4.79 Å². The van der Waals surface area contributed by atoms with Crippen molar-refractivity contribution in [2.24, 2.45) is 0 Å². The average Bonchev–Trinajstić information content (AvgIpc) is 3.33. The van der Waals surface area contributed by atoms with Crippen LogP contribution < -0.4 is 4.90 Å². The summed E-state index contributed by atoms with van der Waals surface area (Å²) >= 11 is 1.77. The van der Waals surface area contributed by atoms with Crippen molar-refractivity contribution in [3.8, 4) is 0 Å². The van der Waals surface area contributed by atoms with Gasteiger partial charge in [-0.2, -0.15) is 0 Å². The van der Waals surface area contributed by atoms with Gasteiger partial charge in [0.2, 0.25) is 0 Å². The summed E-state index contributed by atoms with van der Waals surface area (Å²) in [6, 6.07) is 12.7. The van der Waals surface area contributed by atoms with Crippen molar-refractivity contribution in [1.82, 2.24) is 9.55 Å². The van der Waals surface area contributed by atoms with Crippen molar-refractivity contribution < 1.29 is 9.53 Å². The number of carbonyl (C=O) groups is 1. The number of aromatic nitrogens is 2. The predicted octanol–water partition coefficient (Wildman–Crippen LogP) is 4.26. The van der Waals surface area contributed by atoms with Crippen molar-refractivity contribution in [3.63, 3.8) is 0 Å². The van der Waals surface area contributed by atoms with Crippen LogP contribution in [0, 0.1) is 6.92 Å². The third kappa shape index (κ3) is 2.89. The summed E-state index contributed by atoms with van der Waals surface area (Å²) in [5.41, 5.74) is 4.78. The number of rotatable bonds is 4. The molecule has 0 unspecified atom stereocenters. The molecule has 3 heterocycles. The van der Waals surface area contributed by atoms with Gasteiger partial charge in [-0.05, 0) is 41.5 Å². The van der Waals surface area contributed by atoms with Crippen LogP contribution in [0.5, 0.6) is 0 Å². The second kappa shape index (κ2) is 7.04. The number of aldehydes is 1. The highest BCUT2D eigenvalue weighted by Gasteiger charge is 2.18. The maximum Gasteiger partial charge on any atom is 0.152 e. The minimum atomic E-state index is 0.648. The highest BCUT2D eigenvalue weighted by molar-refractivity contribution is 7.17. The number of morpholine rings is 1. The minimum absolute atomic E-state index is 0.648. The molecule has 2 aromatic carbocycles. The van der Waals surface area contributed by atoms with Crippen molar-refractivity contribution in [2.45, 2.75) is 13.5 Å². The number of aryl methyl sites for hydroxylation is 1. The fourth-order valence-electron chi connectivity index (χ4n) is 3.99. The molecular weight excluding hydrogens is 370 g/mol. The van der Waals surface area contributed by atoms with Gasteiger partial charge in [0, 0.05) is 29.0 Å². The summed E-state index contributed by atoms with van der Waals surface area (Å²) in [6.45, 7) is 5.86. The van der Waals surface area contributed by atoms with Gasteiger partial charge in [0.25, 0.3) is 0 Å². The van der Waals surface area contributed by atoms with Crippen LogP contribution in [-0.2, 0) is 11.3 Å². The zero-order chi connectivity index (χ0) is 19.1. The molecule has 5 nitrogen and oxygen atoms in total. The van der Waals surface area contributed by atoms with Gasteiger partial charge in [0.15, 0.2) is 6.29 Å². The molecule has 28 heavy (non-hydrogen) atoms. The number of ether oxygens (including phenoxy) is 1. The lowest BCUT2D eigenvalue weighted by Gasteiger charge is -2.29. The first kappa shape index (κ1) is 17.4. The number of nitrogens with zero attached hydrogens (tertiary/aromatic N) is 3. The highest BCUT2D eigenvalue weighted by atomic mass is 32.1. The van der Waals surface area contributed by atoms with Crippen molar-refractivity contribution in [2.75, 3.05) is 31.2 Å². The van der Waals surface area contributed by atoms with Crippen molar-refractivity contribution in [1.29, 1.82) is 0 Å². The summed E-state index contributed by atoms with van der Waals surface area (Å²) in [7, 11) is 0. The maximum absolute atomic E-state index is 11.8. The number of benzene rings is 2. The first-order chi connectivity index (χ1) is 13.7. The lowest BCUT2D eigenvalue weighted by Crippen LogP contribution is -2.36. The van der Waals surface area contributed by atoms with Crippen LogP contribution in [0.2, 0.25) is 0 Å². The molecular formula is C22H21N3O2S. The summed E-state index contributed by atoms with van der Waals surface area (Å²) < 4.78 is 9.01. The third-order valence-corrected chi connectivity index (χ3v) is 6.46. The van der Waals surface area contributed by atoms with E-state index in [1.165, 1.54) is 15.6 Å². The van der Waals surface area contributed by atoms with Crippen molar-refractivity contribution in [3.05, 3.63) is 58.7 Å². The molecule has 5 rings (SSSR count). The number of hydrogen-bond donors (Lipinski definition) is 0. The Hall–Kier alpha value is -2.70. The Kier molecular flexibility index (Phi) is 4.37. The Morgan fingerprint density at radius 1 is 1.21 bits per heavy atom. The number of anilines is 1. The van der Waals surface area contributed by atoms with Gasteiger partial charge in [0.1, 0.15) is 5.82 Å². The number of carbonyl (C=O) groups excluding carboxylic acids is 1. The third-order valence-electron chi connectivity index (χ3n) is 5.45. The first-order valence-electron chi connectivity index (χ1n) is 9.48. The fraction of sp³-hybridized carbons (Fsp3) is 0.273. The molecule has 1 aliphatic rings. The van der Waals surface area contributed by atoms with Crippen LogP contribution in [0.15, 0.2) is 41.8 Å². The molecule has 0 saturated carbocycles. The molecule has 1 aliphatic heterocycles. The average molecular weight is 391 g/mol. The monoisotopic (exact) mass is 391 g/mol. The largest absolute Gasteiger partial charge is 0.378 e. The Bertz CT molecular complexity index is 1170. The van der Waals surface area contributed by atoms with Gasteiger partial charge in [0.05, 0.1) is 30.8 Å². The van der Waals surface area contributed by atoms with Crippen LogP contribution in [0.4, 0.5) is 5.69 Å². The highest BCUT2D eigenvalue weighted by Crippen LogP contribution is 2.30. The van der Waals surface area contributed by atoms with E-state index < -0.39 is 0 Å². The number of thiophene rings is 1. The minimum Gasteiger partial charge on any atom is -0.378 e. The molecule has 0 aliphatic carbocycles. The van der Waals surface area contributed by atoms with E-state index in [0.717, 1.165) is 48.5 Å². The van der Waals surface area contributed by atoms with E-state index >= 15 is 0 Å². The van der Waals surface area contributed by atoms with Crippen LogP contribution in [-0.4, -0.2) is 42.1 Å². The van der Waals surface area contributed by atoms with E-state index in [2.05, 4.69) is 45.2 Å². The number of fused-ring (bicyclic) bond motifs is 2. The fourth-order valence-corrected chi connectivity index (χ4v) is 4.90. The molecule has 0 amide bonds. The van der Waals surface area contributed by atoms with Crippen LogP contribution in [0.25, 0.3) is 21.1 Å². The Balaban J connectivity index is 1.64. The Labute approximate surface area is 167 Å². The second-order valence-corrected chi connectivity index (χ2v) is 8.04. The molecule has 2 aromatic heterocycles. The molecule has 0 spiro atoms. The Morgan fingerprint density at radius 2 is 2.07 bits per heavy atom. The van der Waals surface area contributed by atoms with Gasteiger partial charge >= 0.3 is 0 Å². The van der Waals surface area contributed by atoms with Crippen molar-refractivity contribution >= 4 is 44.4 Å². The van der Waals surface area contributed by atoms with Gasteiger partial charge in [-0.1, -0.05) is 18.2 Å². The van der Waals surface area contributed by atoms with Gasteiger partial charge in [-0.25, -0.2) is 4.98 Å². The summed E-state index contributed by atoms with van der Waals surface area (Å²) in [4.78, 5) is 18.8. The molecule has 0 atom stereocenters. The molecule has 4 aromatic rings. The van der Waals surface area contributed by atoms with Crippen LogP contribution in [0.1, 0.15) is 21.7 Å². The first-order valence-corrected chi connectivity index (χ1v) is 10.4. The Morgan fingerprint density at radius 3 is 2.89 bits per heavy atom. The summed E-state index contributed by atoms with van der Waals surface area (Å²) in [5, 5.41) is 3.40. The summed E-state index contributed by atoms with van der Waals surface area (Å²) in [5.74, 6) is 0.922. The maximum atomic E-state index is 11.8. The molecule has 6 heteroatoms. The smallest absolute Gasteiger partial charge is 0.152 e. The van der Waals surface area contributed by atoms with E-state index in [1.807, 2.05) is 13.0 Å². The number of imidazole rings is 1. The lowest BCUT2D eigenvalue weighted by molar-refractivity contribution is 0.112. The predicted molar refractivity (Wildman–Crippen MR) is 114 cm³/mol. The molecule has 0 N–H and O–H groups in total. The van der Waals surface area contributed by atoms with Gasteiger partial charge in [-0.15, -0.1) is 11.3 Å². The van der Waals surface area contributed by atoms with E-state index in [-0.39, 0.29) is 0 Å². The quantitative estimate of drug-likeness (QED) is 0.488. The zero-order valence-electron chi connectivity index (χ0n) is 15.7. The second-order valence-electron chi connectivity index (χ2n) is 7.12. The molecule has 0 radical (unpaired) electrons.